The van der Waals surface area contributed by atoms with Gasteiger partial charge < -0.3 is 20.0 Å². The summed E-state index contributed by atoms with van der Waals surface area (Å²) in [4.78, 5) is 20.5. The second kappa shape index (κ2) is 12.0. The van der Waals surface area contributed by atoms with Gasteiger partial charge in [-0.25, -0.2) is 0 Å². The third kappa shape index (κ3) is 6.04. The number of pyridine rings is 1. The molecule has 0 saturated carbocycles. The van der Waals surface area contributed by atoms with Gasteiger partial charge in [-0.2, -0.15) is 0 Å². The van der Waals surface area contributed by atoms with E-state index in [1.54, 1.807) is 6.20 Å². The minimum atomic E-state index is -0.257. The van der Waals surface area contributed by atoms with Gasteiger partial charge in [0, 0.05) is 34.8 Å². The number of carbonyl (C=O) groups excluding carboxylic acids is 1. The molecule has 2 aromatic heterocycles. The van der Waals surface area contributed by atoms with Crippen molar-refractivity contribution in [2.45, 2.75) is 41.8 Å². The van der Waals surface area contributed by atoms with Crippen LogP contribution in [0.4, 0.5) is 5.69 Å². The highest BCUT2D eigenvalue weighted by Crippen LogP contribution is 2.41. The number of aromatic nitrogens is 1. The Labute approximate surface area is 236 Å². The van der Waals surface area contributed by atoms with E-state index >= 15 is 0 Å². The lowest BCUT2D eigenvalue weighted by atomic mass is 10.0. The summed E-state index contributed by atoms with van der Waals surface area (Å²) in [7, 11) is 0. The van der Waals surface area contributed by atoms with Crippen molar-refractivity contribution in [2.75, 3.05) is 11.9 Å². The van der Waals surface area contributed by atoms with E-state index in [9.17, 15) is 4.79 Å². The second-order valence-electron chi connectivity index (χ2n) is 8.84. The monoisotopic (exact) mass is 562 g/mol. The predicted octanol–water partition coefficient (Wildman–Crippen LogP) is 7.04. The molecule has 1 aliphatic heterocycles. The van der Waals surface area contributed by atoms with Gasteiger partial charge in [-0.1, -0.05) is 54.6 Å². The summed E-state index contributed by atoms with van der Waals surface area (Å²) < 4.78 is 6.33. The Bertz CT molecular complexity index is 1410. The lowest BCUT2D eigenvalue weighted by Gasteiger charge is -2.25. The maximum atomic E-state index is 12.9. The van der Waals surface area contributed by atoms with Gasteiger partial charge >= 0.3 is 0 Å². The first-order valence-corrected chi connectivity index (χ1v) is 14.0. The van der Waals surface area contributed by atoms with E-state index in [0.717, 1.165) is 39.1 Å². The van der Waals surface area contributed by atoms with E-state index in [2.05, 4.69) is 22.5 Å². The van der Waals surface area contributed by atoms with Crippen LogP contribution in [0.15, 0.2) is 99.5 Å². The van der Waals surface area contributed by atoms with Crippen molar-refractivity contribution in [2.24, 2.45) is 0 Å². The molecule has 9 heteroatoms. The average Bonchev–Trinajstić information content (AvgIpc) is 3.53. The number of amides is 1. The number of benzene rings is 2. The number of rotatable bonds is 9. The number of anilines is 1. The first kappa shape index (κ1) is 26.3. The summed E-state index contributed by atoms with van der Waals surface area (Å²) in [5, 5.41) is 8.48. The molecule has 1 fully saturated rings. The highest BCUT2D eigenvalue weighted by atomic mass is 35.5. The molecule has 4 aromatic rings. The van der Waals surface area contributed by atoms with Crippen LogP contribution in [0.25, 0.3) is 0 Å². The molecule has 0 radical (unpaired) electrons. The van der Waals surface area contributed by atoms with Gasteiger partial charge in [0.15, 0.2) is 10.2 Å². The van der Waals surface area contributed by atoms with Gasteiger partial charge in [0.05, 0.1) is 11.7 Å². The zero-order valence-corrected chi connectivity index (χ0v) is 23.2. The number of halogens is 1. The van der Waals surface area contributed by atoms with E-state index in [1.807, 2.05) is 83.8 Å². The number of thiocarbonyl (C=S) groups is 1. The van der Waals surface area contributed by atoms with Crippen LogP contribution in [0.2, 0.25) is 5.02 Å². The Morgan fingerprint density at radius 3 is 2.66 bits per heavy atom. The molecule has 1 aliphatic rings. The largest absolute Gasteiger partial charge is 0.452 e. The summed E-state index contributed by atoms with van der Waals surface area (Å²) in [6.45, 7) is 2.50. The average molecular weight is 563 g/mol. The number of para-hydroxylation sites is 1. The standard InChI is InChI=1S/C29H27ClN4O2S2/c1-2-19-7-3-4-8-22(19)32-25(35)16-18-34-28(27(33-29(34)37)23-9-5-6-17-31-23)24-14-15-26(36-24)38-21-12-10-20(30)11-13-21/h3-15,17,27-28H,2,16,18H2,1H3,(H,32,35)(H,33,37)/t27-,28+/m0/s1. The SMILES string of the molecule is CCc1ccccc1NC(=O)CCN1C(=S)N[C@@H](c2ccccn2)[C@H]1c1ccc(Sc2ccc(Cl)cc2)o1. The van der Waals surface area contributed by atoms with E-state index in [0.29, 0.717) is 16.7 Å². The molecule has 0 spiro atoms. The predicted molar refractivity (Wildman–Crippen MR) is 156 cm³/mol. The summed E-state index contributed by atoms with van der Waals surface area (Å²) in [6.07, 6.45) is 2.89. The Kier molecular flexibility index (Phi) is 8.32. The Morgan fingerprint density at radius 1 is 1.11 bits per heavy atom. The van der Waals surface area contributed by atoms with Gasteiger partial charge in [0.1, 0.15) is 11.8 Å². The van der Waals surface area contributed by atoms with E-state index in [-0.39, 0.29) is 24.4 Å². The lowest BCUT2D eigenvalue weighted by Crippen LogP contribution is -2.32. The summed E-state index contributed by atoms with van der Waals surface area (Å²) >= 11 is 13.3. The molecule has 6 nitrogen and oxygen atoms in total. The Balaban J connectivity index is 1.36. The zero-order chi connectivity index (χ0) is 26.5. The first-order chi connectivity index (χ1) is 18.5. The summed E-state index contributed by atoms with van der Waals surface area (Å²) in [5.74, 6) is 0.688. The molecule has 2 aromatic carbocycles. The fourth-order valence-electron chi connectivity index (χ4n) is 4.51. The third-order valence-electron chi connectivity index (χ3n) is 6.38. The molecule has 1 saturated heterocycles. The quantitative estimate of drug-likeness (QED) is 0.212. The van der Waals surface area contributed by atoms with Crippen LogP contribution >= 0.6 is 35.6 Å². The normalized spacial score (nSPS) is 16.9. The van der Waals surface area contributed by atoms with Crippen LogP contribution < -0.4 is 10.6 Å². The van der Waals surface area contributed by atoms with Crippen LogP contribution in [0.5, 0.6) is 0 Å². The van der Waals surface area contributed by atoms with Crippen molar-refractivity contribution < 1.29 is 9.21 Å². The molecule has 2 N–H and O–H groups in total. The number of nitrogens with one attached hydrogen (secondary N) is 2. The summed E-state index contributed by atoms with van der Waals surface area (Å²) in [6, 6.07) is 24.8. The van der Waals surface area contributed by atoms with Crippen LogP contribution in [-0.4, -0.2) is 27.4 Å². The van der Waals surface area contributed by atoms with Crippen molar-refractivity contribution >= 4 is 52.3 Å². The van der Waals surface area contributed by atoms with Gasteiger partial charge in [0.25, 0.3) is 0 Å². The van der Waals surface area contributed by atoms with Gasteiger partial charge in [-0.3, -0.25) is 9.78 Å². The highest BCUT2D eigenvalue weighted by Gasteiger charge is 2.41. The Morgan fingerprint density at radius 2 is 1.89 bits per heavy atom. The number of nitrogens with zero attached hydrogens (tertiary/aromatic N) is 2. The Hall–Kier alpha value is -3.33. The fourth-order valence-corrected chi connectivity index (χ4v) is 5.74. The van der Waals surface area contributed by atoms with Crippen molar-refractivity contribution in [3.63, 3.8) is 0 Å². The molecule has 0 bridgehead atoms. The molecule has 1 amide bonds. The van der Waals surface area contributed by atoms with Gasteiger partial charge in [-0.05, 0) is 78.8 Å². The zero-order valence-electron chi connectivity index (χ0n) is 20.8. The number of hydrogen-bond donors (Lipinski definition) is 2. The van der Waals surface area contributed by atoms with Crippen LogP contribution in [-0.2, 0) is 11.2 Å². The summed E-state index contributed by atoms with van der Waals surface area (Å²) in [5.41, 5.74) is 2.81. The number of furan rings is 1. The van der Waals surface area contributed by atoms with E-state index in [1.165, 1.54) is 11.8 Å². The molecule has 38 heavy (non-hydrogen) atoms. The van der Waals surface area contributed by atoms with E-state index in [4.69, 9.17) is 28.2 Å². The van der Waals surface area contributed by atoms with Crippen LogP contribution in [0, 0.1) is 0 Å². The molecule has 2 atom stereocenters. The van der Waals surface area contributed by atoms with Crippen molar-refractivity contribution in [3.05, 3.63) is 107 Å². The minimum Gasteiger partial charge on any atom is -0.452 e. The number of carbonyl (C=O) groups is 1. The molecule has 0 aliphatic carbocycles. The van der Waals surface area contributed by atoms with Gasteiger partial charge in [0.2, 0.25) is 5.91 Å². The topological polar surface area (TPSA) is 70.4 Å². The molecule has 5 rings (SSSR count). The van der Waals surface area contributed by atoms with Gasteiger partial charge in [-0.15, -0.1) is 0 Å². The second-order valence-corrected chi connectivity index (χ2v) is 10.7. The highest BCUT2D eigenvalue weighted by molar-refractivity contribution is 7.99. The number of aryl methyl sites for hydroxylation is 1. The third-order valence-corrected chi connectivity index (χ3v) is 7.91. The van der Waals surface area contributed by atoms with Crippen molar-refractivity contribution in [3.8, 4) is 0 Å². The lowest BCUT2D eigenvalue weighted by molar-refractivity contribution is -0.116. The van der Waals surface area contributed by atoms with E-state index < -0.39 is 0 Å². The smallest absolute Gasteiger partial charge is 0.226 e. The van der Waals surface area contributed by atoms with Crippen LogP contribution in [0.3, 0.4) is 0 Å². The molecule has 194 valence electrons. The first-order valence-electron chi connectivity index (χ1n) is 12.4. The molecular formula is C29H27ClN4O2S2. The van der Waals surface area contributed by atoms with Crippen molar-refractivity contribution in [1.82, 2.24) is 15.2 Å². The fraction of sp³-hybridized carbons (Fsp3) is 0.207. The van der Waals surface area contributed by atoms with Crippen LogP contribution in [0.1, 0.15) is 42.4 Å². The molecule has 3 heterocycles. The van der Waals surface area contributed by atoms with Crippen molar-refractivity contribution in [1.29, 1.82) is 0 Å². The maximum Gasteiger partial charge on any atom is 0.226 e. The minimum absolute atomic E-state index is 0.0628. The number of hydrogen-bond acceptors (Lipinski definition) is 5. The molecular weight excluding hydrogens is 536 g/mol. The maximum absolute atomic E-state index is 12.9. The molecule has 0 unspecified atom stereocenters.